The van der Waals surface area contributed by atoms with E-state index in [1.54, 1.807) is 29.7 Å². The summed E-state index contributed by atoms with van der Waals surface area (Å²) in [5, 5.41) is 11.5. The average molecular weight is 392 g/mol. The van der Waals surface area contributed by atoms with Crippen LogP contribution in [0.1, 0.15) is 26.3 Å². The second kappa shape index (κ2) is 9.38. The van der Waals surface area contributed by atoms with Crippen molar-refractivity contribution >= 4 is 17.5 Å². The molecule has 148 valence electrons. The number of benzene rings is 3. The fraction of sp³-hybridized carbons (Fsp3) is 0.0909. The molecule has 0 aliphatic carbocycles. The number of methoxy groups -OCH3 is 1. The molecule has 0 radical (unpaired) electrons. The molecule has 0 aliphatic rings. The van der Waals surface area contributed by atoms with Crippen molar-refractivity contribution in [2.75, 3.05) is 12.4 Å². The molecule has 29 heavy (non-hydrogen) atoms. The van der Waals surface area contributed by atoms with Crippen LogP contribution in [0.2, 0.25) is 0 Å². The van der Waals surface area contributed by atoms with Crippen LogP contribution in [0, 0.1) is 0 Å². The smallest absolute Gasteiger partial charge is 0.274 e. The number of hydrogen-bond acceptors (Lipinski definition) is 5. The molecule has 3 N–H and O–H groups in total. The average Bonchev–Trinajstić information content (AvgIpc) is 2.78. The monoisotopic (exact) mass is 392 g/mol. The maximum atomic E-state index is 12.7. The summed E-state index contributed by atoms with van der Waals surface area (Å²) in [5.41, 5.74) is 3.43. The number of rotatable bonds is 7. The van der Waals surface area contributed by atoms with E-state index in [2.05, 4.69) is 5.32 Å². The van der Waals surface area contributed by atoms with Crippen molar-refractivity contribution in [3.63, 3.8) is 0 Å². The molecule has 0 fully saturated rings. The lowest BCUT2D eigenvalue weighted by molar-refractivity contribution is 0.0706. The summed E-state index contributed by atoms with van der Waals surface area (Å²) < 4.78 is 11.0. The van der Waals surface area contributed by atoms with Crippen LogP contribution in [0.4, 0.5) is 5.69 Å². The topological polar surface area (TPSA) is 96.9 Å². The maximum absolute atomic E-state index is 12.7. The molecule has 3 aromatic rings. The van der Waals surface area contributed by atoms with Crippen LogP contribution in [0.15, 0.2) is 72.8 Å². The lowest BCUT2D eigenvalue weighted by Crippen LogP contribution is -2.19. The lowest BCUT2D eigenvalue weighted by atomic mass is 10.1. The van der Waals surface area contributed by atoms with Crippen molar-refractivity contribution in [3.8, 4) is 11.5 Å². The van der Waals surface area contributed by atoms with Gasteiger partial charge in [-0.05, 0) is 42.0 Å². The fourth-order valence-corrected chi connectivity index (χ4v) is 2.67. The molecule has 0 saturated carbocycles. The van der Waals surface area contributed by atoms with E-state index in [4.69, 9.17) is 14.7 Å². The number of amides is 2. The first-order valence-corrected chi connectivity index (χ1v) is 8.81. The summed E-state index contributed by atoms with van der Waals surface area (Å²) in [6.45, 7) is 0.387. The lowest BCUT2D eigenvalue weighted by Gasteiger charge is -2.12. The molecular formula is C22H20N2O5. The molecule has 0 aliphatic heterocycles. The Morgan fingerprint density at radius 2 is 1.66 bits per heavy atom. The quantitative estimate of drug-likeness (QED) is 0.421. The number of anilines is 1. The number of carbonyl (C=O) groups excluding carboxylic acids is 2. The Labute approximate surface area is 167 Å². The number of ether oxygens (including phenoxy) is 2. The summed E-state index contributed by atoms with van der Waals surface area (Å²) in [5.74, 6) is -0.152. The third-order valence-electron chi connectivity index (χ3n) is 4.16. The highest BCUT2D eigenvalue weighted by Gasteiger charge is 2.14. The van der Waals surface area contributed by atoms with Crippen LogP contribution in [0.5, 0.6) is 11.5 Å². The number of carbonyl (C=O) groups is 2. The molecule has 7 heteroatoms. The first-order valence-electron chi connectivity index (χ1n) is 8.81. The van der Waals surface area contributed by atoms with E-state index in [-0.39, 0.29) is 5.56 Å². The van der Waals surface area contributed by atoms with Gasteiger partial charge in [0.25, 0.3) is 11.8 Å². The van der Waals surface area contributed by atoms with Crippen molar-refractivity contribution in [1.82, 2.24) is 5.48 Å². The number of hydroxylamine groups is 1. The second-order valence-corrected chi connectivity index (χ2v) is 6.11. The molecule has 0 heterocycles. The second-order valence-electron chi connectivity index (χ2n) is 6.11. The Morgan fingerprint density at radius 1 is 0.897 bits per heavy atom. The zero-order valence-corrected chi connectivity index (χ0v) is 15.7. The Kier molecular flexibility index (Phi) is 6.44. The van der Waals surface area contributed by atoms with Crippen LogP contribution in [-0.4, -0.2) is 24.1 Å². The molecule has 0 unspecified atom stereocenters. The summed E-state index contributed by atoms with van der Waals surface area (Å²) in [6.07, 6.45) is 0. The predicted octanol–water partition coefficient (Wildman–Crippen LogP) is 3.65. The molecule has 0 aromatic heterocycles. The van der Waals surface area contributed by atoms with Crippen molar-refractivity contribution in [2.24, 2.45) is 0 Å². The van der Waals surface area contributed by atoms with Gasteiger partial charge in [-0.3, -0.25) is 14.8 Å². The van der Waals surface area contributed by atoms with E-state index < -0.39 is 11.8 Å². The zero-order valence-electron chi connectivity index (χ0n) is 15.7. The van der Waals surface area contributed by atoms with Gasteiger partial charge in [-0.15, -0.1) is 0 Å². The fourth-order valence-electron chi connectivity index (χ4n) is 2.67. The molecule has 0 saturated heterocycles. The summed E-state index contributed by atoms with van der Waals surface area (Å²) in [4.78, 5) is 24.3. The Morgan fingerprint density at radius 3 is 2.38 bits per heavy atom. The van der Waals surface area contributed by atoms with E-state index in [1.165, 1.54) is 25.3 Å². The minimum atomic E-state index is -0.695. The third kappa shape index (κ3) is 5.12. The van der Waals surface area contributed by atoms with Crippen LogP contribution >= 0.6 is 0 Å². The van der Waals surface area contributed by atoms with Crippen LogP contribution in [0.3, 0.4) is 0 Å². The van der Waals surface area contributed by atoms with Crippen LogP contribution in [-0.2, 0) is 6.61 Å². The van der Waals surface area contributed by atoms with E-state index in [0.29, 0.717) is 29.4 Å². The van der Waals surface area contributed by atoms with Gasteiger partial charge >= 0.3 is 0 Å². The van der Waals surface area contributed by atoms with E-state index in [1.807, 2.05) is 30.3 Å². The standard InChI is InChI=1S/C22H20N2O5/c1-28-20-11-10-17(22(26)24-27)13-19(20)23-21(25)16-8-5-9-18(12-16)29-14-15-6-3-2-4-7-15/h2-13,27H,14H2,1H3,(H,23,25)(H,24,26). The minimum Gasteiger partial charge on any atom is -0.495 e. The Bertz CT molecular complexity index is 1010. The van der Waals surface area contributed by atoms with E-state index >= 15 is 0 Å². The first kappa shape index (κ1) is 19.9. The highest BCUT2D eigenvalue weighted by atomic mass is 16.5. The van der Waals surface area contributed by atoms with Gasteiger partial charge in [-0.1, -0.05) is 36.4 Å². The van der Waals surface area contributed by atoms with Gasteiger partial charge in [0.15, 0.2) is 0 Å². The van der Waals surface area contributed by atoms with Gasteiger partial charge in [-0.2, -0.15) is 0 Å². The SMILES string of the molecule is COc1ccc(C(=O)NO)cc1NC(=O)c1cccc(OCc2ccccc2)c1. The van der Waals surface area contributed by atoms with Gasteiger partial charge in [0.1, 0.15) is 18.1 Å². The molecular weight excluding hydrogens is 372 g/mol. The number of nitrogens with one attached hydrogen (secondary N) is 2. The van der Waals surface area contributed by atoms with Gasteiger partial charge in [0.2, 0.25) is 0 Å². The minimum absolute atomic E-state index is 0.170. The van der Waals surface area contributed by atoms with Crippen LogP contribution < -0.4 is 20.3 Å². The van der Waals surface area contributed by atoms with Crippen molar-refractivity contribution in [3.05, 3.63) is 89.5 Å². The van der Waals surface area contributed by atoms with Gasteiger partial charge < -0.3 is 14.8 Å². The highest BCUT2D eigenvalue weighted by Crippen LogP contribution is 2.26. The van der Waals surface area contributed by atoms with Crippen molar-refractivity contribution in [2.45, 2.75) is 6.61 Å². The third-order valence-corrected chi connectivity index (χ3v) is 4.16. The first-order chi connectivity index (χ1) is 14.1. The van der Waals surface area contributed by atoms with Crippen molar-refractivity contribution in [1.29, 1.82) is 0 Å². The number of hydrogen-bond donors (Lipinski definition) is 3. The maximum Gasteiger partial charge on any atom is 0.274 e. The summed E-state index contributed by atoms with van der Waals surface area (Å²) >= 11 is 0. The normalized spacial score (nSPS) is 10.1. The molecule has 0 spiro atoms. The molecule has 0 atom stereocenters. The predicted molar refractivity (Wildman–Crippen MR) is 107 cm³/mol. The zero-order chi connectivity index (χ0) is 20.6. The van der Waals surface area contributed by atoms with E-state index in [9.17, 15) is 9.59 Å². The van der Waals surface area contributed by atoms with Crippen LogP contribution in [0.25, 0.3) is 0 Å². The molecule has 0 bridgehead atoms. The van der Waals surface area contributed by atoms with E-state index in [0.717, 1.165) is 5.56 Å². The highest BCUT2D eigenvalue weighted by molar-refractivity contribution is 6.06. The molecule has 3 aromatic carbocycles. The molecule has 7 nitrogen and oxygen atoms in total. The Balaban J connectivity index is 1.74. The summed E-state index contributed by atoms with van der Waals surface area (Å²) in [7, 11) is 1.45. The largest absolute Gasteiger partial charge is 0.495 e. The Hall–Kier alpha value is -3.84. The summed E-state index contributed by atoms with van der Waals surface area (Å²) in [6, 6.07) is 20.9. The molecule has 2 amide bonds. The van der Waals surface area contributed by atoms with Crippen molar-refractivity contribution < 1.29 is 24.3 Å². The van der Waals surface area contributed by atoms with Gasteiger partial charge in [0, 0.05) is 11.1 Å². The van der Waals surface area contributed by atoms with Gasteiger partial charge in [-0.25, -0.2) is 5.48 Å². The molecule has 3 rings (SSSR count). The van der Waals surface area contributed by atoms with Gasteiger partial charge in [0.05, 0.1) is 12.8 Å².